The molecule has 1 aliphatic rings. The average molecular weight is 242 g/mol. The van der Waals surface area contributed by atoms with Crippen molar-refractivity contribution in [3.63, 3.8) is 0 Å². The van der Waals surface area contributed by atoms with Gasteiger partial charge in [0.05, 0.1) is 13.2 Å². The molecule has 0 atom stereocenters. The van der Waals surface area contributed by atoms with Crippen LogP contribution >= 0.6 is 0 Å². The van der Waals surface area contributed by atoms with Crippen LogP contribution in [-0.2, 0) is 22.3 Å². The van der Waals surface area contributed by atoms with E-state index in [9.17, 15) is 0 Å². The van der Waals surface area contributed by atoms with Crippen LogP contribution in [0.3, 0.4) is 0 Å². The first kappa shape index (κ1) is 11.7. The summed E-state index contributed by atoms with van der Waals surface area (Å²) in [5.74, 6) is 0. The largest absolute Gasteiger partial charge is 0.350 e. The number of aryl methyl sites for hydroxylation is 1. The summed E-state index contributed by atoms with van der Waals surface area (Å²) in [7, 11) is 0. The number of hydrogen-bond acceptors (Lipinski definition) is 2. The molecule has 0 spiro atoms. The zero-order valence-corrected chi connectivity index (χ0v) is 10.7. The standard InChI is InChI=1S/C16H18O2/c1-2-12-3-5-15-10-13(4-6-14(15)9-12)11-16-17-7-8-18-16/h3-6,9-10,16H,2,7-8,11H2,1H3. The number of fused-ring (bicyclic) bond motifs is 1. The summed E-state index contributed by atoms with van der Waals surface area (Å²) in [6.07, 6.45) is 1.87. The molecule has 0 aliphatic carbocycles. The van der Waals surface area contributed by atoms with Crippen LogP contribution < -0.4 is 0 Å². The Morgan fingerprint density at radius 1 is 0.944 bits per heavy atom. The van der Waals surface area contributed by atoms with Crippen LogP contribution in [0.4, 0.5) is 0 Å². The fourth-order valence-corrected chi connectivity index (χ4v) is 2.41. The van der Waals surface area contributed by atoms with E-state index in [-0.39, 0.29) is 6.29 Å². The van der Waals surface area contributed by atoms with Gasteiger partial charge < -0.3 is 9.47 Å². The maximum absolute atomic E-state index is 5.48. The monoisotopic (exact) mass is 242 g/mol. The van der Waals surface area contributed by atoms with E-state index >= 15 is 0 Å². The Morgan fingerprint density at radius 3 is 2.22 bits per heavy atom. The summed E-state index contributed by atoms with van der Waals surface area (Å²) >= 11 is 0. The van der Waals surface area contributed by atoms with Crippen molar-refractivity contribution in [3.05, 3.63) is 47.5 Å². The minimum atomic E-state index is -0.0580. The lowest BCUT2D eigenvalue weighted by Gasteiger charge is -2.10. The molecule has 2 heteroatoms. The number of hydrogen-bond donors (Lipinski definition) is 0. The van der Waals surface area contributed by atoms with E-state index in [1.807, 2.05) is 0 Å². The number of rotatable bonds is 3. The van der Waals surface area contributed by atoms with Gasteiger partial charge in [0.1, 0.15) is 0 Å². The summed E-state index contributed by atoms with van der Waals surface area (Å²) in [5, 5.41) is 2.61. The zero-order chi connectivity index (χ0) is 12.4. The number of benzene rings is 2. The minimum absolute atomic E-state index is 0.0580. The molecule has 0 amide bonds. The Labute approximate surface area is 108 Å². The predicted molar refractivity (Wildman–Crippen MR) is 72.7 cm³/mol. The van der Waals surface area contributed by atoms with Gasteiger partial charge in [-0.1, -0.05) is 43.3 Å². The maximum atomic E-state index is 5.48. The third-order valence-electron chi connectivity index (χ3n) is 3.47. The van der Waals surface area contributed by atoms with Crippen molar-refractivity contribution < 1.29 is 9.47 Å². The fourth-order valence-electron chi connectivity index (χ4n) is 2.41. The molecular formula is C16H18O2. The molecule has 2 aromatic rings. The lowest BCUT2D eigenvalue weighted by molar-refractivity contribution is -0.0399. The van der Waals surface area contributed by atoms with E-state index in [4.69, 9.17) is 9.47 Å². The SMILES string of the molecule is CCc1ccc2cc(CC3OCCO3)ccc2c1. The Balaban J connectivity index is 1.86. The van der Waals surface area contributed by atoms with Crippen LogP contribution in [0.15, 0.2) is 36.4 Å². The Bertz CT molecular complexity index is 542. The molecule has 2 aromatic carbocycles. The van der Waals surface area contributed by atoms with Crippen LogP contribution in [0.25, 0.3) is 10.8 Å². The summed E-state index contributed by atoms with van der Waals surface area (Å²) in [6.45, 7) is 3.63. The van der Waals surface area contributed by atoms with E-state index < -0.39 is 0 Å². The first-order chi connectivity index (χ1) is 8.85. The van der Waals surface area contributed by atoms with E-state index in [1.54, 1.807) is 0 Å². The van der Waals surface area contributed by atoms with E-state index in [0.29, 0.717) is 0 Å². The van der Waals surface area contributed by atoms with Gasteiger partial charge in [0, 0.05) is 6.42 Å². The van der Waals surface area contributed by atoms with Gasteiger partial charge >= 0.3 is 0 Å². The molecule has 2 nitrogen and oxygen atoms in total. The molecule has 0 N–H and O–H groups in total. The summed E-state index contributed by atoms with van der Waals surface area (Å²) in [6, 6.07) is 13.3. The highest BCUT2D eigenvalue weighted by Gasteiger charge is 2.16. The lowest BCUT2D eigenvalue weighted by atomic mass is 10.0. The first-order valence-electron chi connectivity index (χ1n) is 6.60. The van der Waals surface area contributed by atoms with E-state index in [0.717, 1.165) is 26.1 Å². The van der Waals surface area contributed by atoms with Crippen molar-refractivity contribution in [2.45, 2.75) is 26.1 Å². The van der Waals surface area contributed by atoms with Crippen LogP contribution in [0, 0.1) is 0 Å². The van der Waals surface area contributed by atoms with Gasteiger partial charge in [0.2, 0.25) is 0 Å². The molecule has 0 aromatic heterocycles. The Kier molecular flexibility index (Phi) is 3.31. The Morgan fingerprint density at radius 2 is 1.56 bits per heavy atom. The summed E-state index contributed by atoms with van der Waals surface area (Å²) < 4.78 is 11.0. The van der Waals surface area contributed by atoms with Crippen molar-refractivity contribution in [2.75, 3.05) is 13.2 Å². The van der Waals surface area contributed by atoms with Crippen LogP contribution in [0.1, 0.15) is 18.1 Å². The molecular weight excluding hydrogens is 224 g/mol. The summed E-state index contributed by atoms with van der Waals surface area (Å²) in [4.78, 5) is 0. The first-order valence-corrected chi connectivity index (χ1v) is 6.60. The molecule has 1 fully saturated rings. The van der Waals surface area contributed by atoms with Gasteiger partial charge in [-0.25, -0.2) is 0 Å². The second kappa shape index (κ2) is 5.09. The molecule has 3 rings (SSSR count). The van der Waals surface area contributed by atoms with Gasteiger partial charge in [-0.3, -0.25) is 0 Å². The van der Waals surface area contributed by atoms with Crippen molar-refractivity contribution in [2.24, 2.45) is 0 Å². The highest BCUT2D eigenvalue weighted by molar-refractivity contribution is 5.83. The molecule has 1 aliphatic heterocycles. The molecule has 18 heavy (non-hydrogen) atoms. The third-order valence-corrected chi connectivity index (χ3v) is 3.47. The van der Waals surface area contributed by atoms with Gasteiger partial charge in [-0.2, -0.15) is 0 Å². The fraction of sp³-hybridized carbons (Fsp3) is 0.375. The van der Waals surface area contributed by atoms with E-state index in [1.165, 1.54) is 21.9 Å². The maximum Gasteiger partial charge on any atom is 0.161 e. The van der Waals surface area contributed by atoms with Crippen molar-refractivity contribution in [3.8, 4) is 0 Å². The second-order valence-electron chi connectivity index (χ2n) is 4.74. The molecule has 0 radical (unpaired) electrons. The van der Waals surface area contributed by atoms with Crippen molar-refractivity contribution in [1.29, 1.82) is 0 Å². The van der Waals surface area contributed by atoms with Crippen LogP contribution in [0.5, 0.6) is 0 Å². The topological polar surface area (TPSA) is 18.5 Å². The number of ether oxygens (including phenoxy) is 2. The Hall–Kier alpha value is -1.38. The smallest absolute Gasteiger partial charge is 0.161 e. The predicted octanol–water partition coefficient (Wildman–Crippen LogP) is 3.32. The van der Waals surface area contributed by atoms with Gasteiger partial charge in [0.25, 0.3) is 0 Å². The molecule has 1 heterocycles. The van der Waals surface area contributed by atoms with Crippen LogP contribution in [-0.4, -0.2) is 19.5 Å². The average Bonchev–Trinajstić information content (AvgIpc) is 2.91. The van der Waals surface area contributed by atoms with Gasteiger partial charge in [0.15, 0.2) is 6.29 Å². The molecule has 0 saturated carbocycles. The van der Waals surface area contributed by atoms with E-state index in [2.05, 4.69) is 43.3 Å². The van der Waals surface area contributed by atoms with Gasteiger partial charge in [-0.05, 0) is 28.3 Å². The van der Waals surface area contributed by atoms with Crippen molar-refractivity contribution >= 4 is 10.8 Å². The quantitative estimate of drug-likeness (QED) is 0.822. The highest BCUT2D eigenvalue weighted by atomic mass is 16.7. The molecule has 1 saturated heterocycles. The van der Waals surface area contributed by atoms with Crippen LogP contribution in [0.2, 0.25) is 0 Å². The molecule has 94 valence electrons. The highest BCUT2D eigenvalue weighted by Crippen LogP contribution is 2.20. The normalized spacial score (nSPS) is 16.5. The third kappa shape index (κ3) is 2.40. The van der Waals surface area contributed by atoms with Crippen molar-refractivity contribution in [1.82, 2.24) is 0 Å². The zero-order valence-electron chi connectivity index (χ0n) is 10.7. The second-order valence-corrected chi connectivity index (χ2v) is 4.74. The minimum Gasteiger partial charge on any atom is -0.350 e. The van der Waals surface area contributed by atoms with Gasteiger partial charge in [-0.15, -0.1) is 0 Å². The summed E-state index contributed by atoms with van der Waals surface area (Å²) in [5.41, 5.74) is 2.66. The lowest BCUT2D eigenvalue weighted by Crippen LogP contribution is -2.10. The molecule has 0 bridgehead atoms. The molecule has 0 unspecified atom stereocenters.